The number of aromatic nitrogens is 2. The predicted octanol–water partition coefficient (Wildman–Crippen LogP) is 3.87. The van der Waals surface area contributed by atoms with Crippen LogP contribution in [-0.4, -0.2) is 9.97 Å². The Morgan fingerprint density at radius 3 is 2.65 bits per heavy atom. The fourth-order valence-electron chi connectivity index (χ4n) is 2.47. The molecule has 2 aromatic heterocycles. The summed E-state index contributed by atoms with van der Waals surface area (Å²) in [6, 6.07) is 16.8. The van der Waals surface area contributed by atoms with Gasteiger partial charge in [0.1, 0.15) is 5.65 Å². The molecule has 2 nitrogen and oxygen atoms in total. The van der Waals surface area contributed by atoms with Crippen LogP contribution in [0.25, 0.3) is 32.7 Å². The molecule has 2 heterocycles. The molecule has 0 saturated carbocycles. The molecule has 1 N–H and O–H groups in total. The number of aromatic amines is 1. The topological polar surface area (TPSA) is 28.7 Å². The molecule has 2 heteroatoms. The lowest BCUT2D eigenvalue weighted by Crippen LogP contribution is -1.74. The molecule has 0 atom stereocenters. The van der Waals surface area contributed by atoms with Crippen LogP contribution in [-0.2, 0) is 0 Å². The van der Waals surface area contributed by atoms with Crippen LogP contribution >= 0.6 is 0 Å². The largest absolute Gasteiger partial charge is 0.339 e. The van der Waals surface area contributed by atoms with E-state index >= 15 is 0 Å². The summed E-state index contributed by atoms with van der Waals surface area (Å²) in [4.78, 5) is 7.78. The summed E-state index contributed by atoms with van der Waals surface area (Å²) in [6.07, 6.45) is 1.82. The van der Waals surface area contributed by atoms with Crippen molar-refractivity contribution in [3.63, 3.8) is 0 Å². The van der Waals surface area contributed by atoms with E-state index in [1.165, 1.54) is 27.1 Å². The van der Waals surface area contributed by atoms with Gasteiger partial charge < -0.3 is 4.98 Å². The Morgan fingerprint density at radius 2 is 1.65 bits per heavy atom. The van der Waals surface area contributed by atoms with Crippen LogP contribution in [0.15, 0.2) is 54.7 Å². The molecular weight excluding hydrogens is 208 g/mol. The van der Waals surface area contributed by atoms with Crippen LogP contribution in [0.5, 0.6) is 0 Å². The molecule has 17 heavy (non-hydrogen) atoms. The van der Waals surface area contributed by atoms with Crippen molar-refractivity contribution in [3.8, 4) is 0 Å². The van der Waals surface area contributed by atoms with Gasteiger partial charge >= 0.3 is 0 Å². The normalized spacial score (nSPS) is 11.5. The van der Waals surface area contributed by atoms with Gasteiger partial charge in [0.05, 0.1) is 5.52 Å². The maximum Gasteiger partial charge on any atom is 0.138 e. The van der Waals surface area contributed by atoms with Crippen LogP contribution in [0.2, 0.25) is 0 Å². The van der Waals surface area contributed by atoms with Crippen LogP contribution in [0.3, 0.4) is 0 Å². The summed E-state index contributed by atoms with van der Waals surface area (Å²) in [7, 11) is 0. The first kappa shape index (κ1) is 8.76. The third-order valence-corrected chi connectivity index (χ3v) is 3.27. The fourth-order valence-corrected chi connectivity index (χ4v) is 2.47. The highest BCUT2D eigenvalue weighted by Gasteiger charge is 2.06. The minimum Gasteiger partial charge on any atom is -0.339 e. The predicted molar refractivity (Wildman–Crippen MR) is 71.1 cm³/mol. The molecule has 4 rings (SSSR count). The number of hydrogen-bond donors (Lipinski definition) is 1. The van der Waals surface area contributed by atoms with Crippen LogP contribution in [0.1, 0.15) is 0 Å². The van der Waals surface area contributed by atoms with Gasteiger partial charge in [-0.2, -0.15) is 0 Å². The van der Waals surface area contributed by atoms with E-state index in [-0.39, 0.29) is 0 Å². The Balaban J connectivity index is 2.34. The third-order valence-electron chi connectivity index (χ3n) is 3.27. The Morgan fingerprint density at radius 1 is 0.765 bits per heavy atom. The second-order valence-corrected chi connectivity index (χ2v) is 4.23. The van der Waals surface area contributed by atoms with Crippen molar-refractivity contribution in [2.75, 3.05) is 0 Å². The summed E-state index contributed by atoms with van der Waals surface area (Å²) in [6.45, 7) is 0. The van der Waals surface area contributed by atoms with Gasteiger partial charge in [0.15, 0.2) is 0 Å². The highest BCUT2D eigenvalue weighted by atomic mass is 14.8. The molecule has 0 aliphatic heterocycles. The highest BCUT2D eigenvalue weighted by Crippen LogP contribution is 2.29. The molecule has 0 spiro atoms. The Kier molecular flexibility index (Phi) is 1.59. The van der Waals surface area contributed by atoms with Crippen molar-refractivity contribution in [2.24, 2.45) is 0 Å². The number of fused-ring (bicyclic) bond motifs is 5. The molecular formula is C15H10N2. The standard InChI is InChI=1S/C15H10N2/c1-2-5-11-10(4-1)7-8-12-13-6-3-9-16-15(13)17-14(11)12/h1-9H,(H,16,17). The van der Waals surface area contributed by atoms with Crippen molar-refractivity contribution in [3.05, 3.63) is 54.7 Å². The van der Waals surface area contributed by atoms with Gasteiger partial charge in [-0.3, -0.25) is 0 Å². The van der Waals surface area contributed by atoms with Gasteiger partial charge in [0.2, 0.25) is 0 Å². The first-order valence-corrected chi connectivity index (χ1v) is 5.68. The number of rotatable bonds is 0. The van der Waals surface area contributed by atoms with E-state index in [0.29, 0.717) is 0 Å². The van der Waals surface area contributed by atoms with Crippen molar-refractivity contribution >= 4 is 32.7 Å². The van der Waals surface area contributed by atoms with E-state index in [0.717, 1.165) is 5.65 Å². The molecule has 0 aliphatic rings. The average Bonchev–Trinajstić information content (AvgIpc) is 2.78. The maximum atomic E-state index is 4.37. The molecule has 0 radical (unpaired) electrons. The first-order valence-electron chi connectivity index (χ1n) is 5.68. The number of nitrogens with zero attached hydrogens (tertiary/aromatic N) is 1. The molecule has 0 unspecified atom stereocenters. The van der Waals surface area contributed by atoms with Gasteiger partial charge in [0.25, 0.3) is 0 Å². The second-order valence-electron chi connectivity index (χ2n) is 4.23. The maximum absolute atomic E-state index is 4.37. The number of pyridine rings is 1. The molecule has 0 saturated heterocycles. The van der Waals surface area contributed by atoms with E-state index in [1.807, 2.05) is 12.3 Å². The summed E-state index contributed by atoms with van der Waals surface area (Å²) in [5.41, 5.74) is 2.13. The minimum atomic E-state index is 0.957. The lowest BCUT2D eigenvalue weighted by molar-refractivity contribution is 1.35. The van der Waals surface area contributed by atoms with E-state index in [9.17, 15) is 0 Å². The Bertz CT molecular complexity index is 843. The molecule has 0 aliphatic carbocycles. The van der Waals surface area contributed by atoms with Crippen LogP contribution in [0.4, 0.5) is 0 Å². The summed E-state index contributed by atoms with van der Waals surface area (Å²) in [5, 5.41) is 4.94. The SMILES string of the molecule is c1ccc2c(c1)ccc1c3cccnc3[nH]c21. The van der Waals surface area contributed by atoms with E-state index in [4.69, 9.17) is 0 Å². The van der Waals surface area contributed by atoms with Gasteiger partial charge in [-0.1, -0.05) is 36.4 Å². The monoisotopic (exact) mass is 218 g/mol. The van der Waals surface area contributed by atoms with Gasteiger partial charge in [-0.05, 0) is 17.5 Å². The summed E-state index contributed by atoms with van der Waals surface area (Å²) < 4.78 is 0. The second kappa shape index (κ2) is 3.08. The van der Waals surface area contributed by atoms with Gasteiger partial charge in [-0.25, -0.2) is 4.98 Å². The quantitative estimate of drug-likeness (QED) is 0.477. The number of hydrogen-bond acceptors (Lipinski definition) is 1. The van der Waals surface area contributed by atoms with Crippen molar-refractivity contribution in [1.82, 2.24) is 9.97 Å². The zero-order valence-electron chi connectivity index (χ0n) is 9.14. The number of benzene rings is 2. The molecule has 0 fully saturated rings. The van der Waals surface area contributed by atoms with Crippen LogP contribution in [0, 0.1) is 0 Å². The summed E-state index contributed by atoms with van der Waals surface area (Å²) >= 11 is 0. The lowest BCUT2D eigenvalue weighted by atomic mass is 10.1. The first-order chi connectivity index (χ1) is 8.43. The minimum absolute atomic E-state index is 0.957. The van der Waals surface area contributed by atoms with E-state index in [1.54, 1.807) is 0 Å². The fraction of sp³-hybridized carbons (Fsp3) is 0. The summed E-state index contributed by atoms with van der Waals surface area (Å²) in [5.74, 6) is 0. The Hall–Kier alpha value is -2.35. The molecule has 4 aromatic rings. The zero-order chi connectivity index (χ0) is 11.2. The average molecular weight is 218 g/mol. The third kappa shape index (κ3) is 1.12. The van der Waals surface area contributed by atoms with Crippen molar-refractivity contribution in [2.45, 2.75) is 0 Å². The molecule has 0 amide bonds. The lowest BCUT2D eigenvalue weighted by Gasteiger charge is -1.98. The zero-order valence-corrected chi connectivity index (χ0v) is 9.14. The Labute approximate surface area is 97.9 Å². The van der Waals surface area contributed by atoms with Crippen molar-refractivity contribution < 1.29 is 0 Å². The van der Waals surface area contributed by atoms with Crippen molar-refractivity contribution in [1.29, 1.82) is 0 Å². The van der Waals surface area contributed by atoms with Gasteiger partial charge in [-0.15, -0.1) is 0 Å². The van der Waals surface area contributed by atoms with Gasteiger partial charge in [0, 0.05) is 22.4 Å². The van der Waals surface area contributed by atoms with Crippen LogP contribution < -0.4 is 0 Å². The molecule has 80 valence electrons. The number of H-pyrrole nitrogens is 1. The highest BCUT2D eigenvalue weighted by molar-refractivity contribution is 6.16. The smallest absolute Gasteiger partial charge is 0.138 e. The van der Waals surface area contributed by atoms with E-state index in [2.05, 4.69) is 52.4 Å². The molecule has 2 aromatic carbocycles. The number of nitrogens with one attached hydrogen (secondary N) is 1. The van der Waals surface area contributed by atoms with E-state index < -0.39 is 0 Å². The molecule has 0 bridgehead atoms.